The second-order valence-corrected chi connectivity index (χ2v) is 6.72. The predicted octanol–water partition coefficient (Wildman–Crippen LogP) is 1.98. The van der Waals surface area contributed by atoms with Gasteiger partial charge in [0.2, 0.25) is 11.8 Å². The molecule has 0 saturated carbocycles. The summed E-state index contributed by atoms with van der Waals surface area (Å²) < 4.78 is 1.97. The molecule has 6 nitrogen and oxygen atoms in total. The van der Waals surface area contributed by atoms with Gasteiger partial charge in [0.1, 0.15) is 0 Å². The second-order valence-electron chi connectivity index (χ2n) is 6.72. The van der Waals surface area contributed by atoms with Crippen molar-refractivity contribution in [1.29, 1.82) is 0 Å². The first kappa shape index (κ1) is 17.5. The summed E-state index contributed by atoms with van der Waals surface area (Å²) in [5, 5.41) is 0. The van der Waals surface area contributed by atoms with E-state index in [2.05, 4.69) is 11.9 Å². The number of benzene rings is 1. The van der Waals surface area contributed by atoms with E-state index in [1.807, 2.05) is 39.6 Å². The molecule has 0 atom stereocenters. The molecule has 2 aromatic rings. The number of imidazole rings is 1. The molecule has 1 aromatic carbocycles. The molecule has 1 aliphatic heterocycles. The molecular formula is C19H26N4O2. The highest BCUT2D eigenvalue weighted by atomic mass is 16.2. The Morgan fingerprint density at radius 2 is 1.76 bits per heavy atom. The van der Waals surface area contributed by atoms with Crippen LogP contribution in [0.1, 0.15) is 31.7 Å². The van der Waals surface area contributed by atoms with Gasteiger partial charge in [-0.1, -0.05) is 19.4 Å². The smallest absolute Gasteiger partial charge is 0.227 e. The molecule has 0 unspecified atom stereocenters. The molecule has 134 valence electrons. The molecule has 0 spiro atoms. The van der Waals surface area contributed by atoms with Crippen LogP contribution in [0, 0.1) is 0 Å². The molecule has 3 rings (SSSR count). The molecule has 25 heavy (non-hydrogen) atoms. The van der Waals surface area contributed by atoms with E-state index in [4.69, 9.17) is 0 Å². The summed E-state index contributed by atoms with van der Waals surface area (Å²) in [6.07, 6.45) is 4.76. The molecule has 1 aromatic heterocycles. The molecular weight excluding hydrogens is 316 g/mol. The van der Waals surface area contributed by atoms with Crippen LogP contribution < -0.4 is 0 Å². The van der Waals surface area contributed by atoms with Gasteiger partial charge in [-0.15, -0.1) is 0 Å². The number of aryl methyl sites for hydroxylation is 1. The summed E-state index contributed by atoms with van der Waals surface area (Å²) in [6.45, 7) is 4.64. The number of carbonyl (C=O) groups is 2. The lowest BCUT2D eigenvalue weighted by Crippen LogP contribution is -2.50. The Kier molecular flexibility index (Phi) is 5.36. The number of piperazine rings is 1. The fraction of sp³-hybridized carbons (Fsp3) is 0.526. The summed E-state index contributed by atoms with van der Waals surface area (Å²) in [6, 6.07) is 5.99. The van der Waals surface area contributed by atoms with Crippen molar-refractivity contribution in [2.45, 2.75) is 32.6 Å². The van der Waals surface area contributed by atoms with Crippen LogP contribution in [-0.4, -0.2) is 57.3 Å². The standard InChI is InChI=1S/C19H26N4O2/c1-3-4-5-18(24)22-8-10-23(11-9-22)19(25)13-15-6-7-17-16(12-15)20-14-21(17)2/h6-7,12,14H,3-5,8-11,13H2,1-2H3. The van der Waals surface area contributed by atoms with Crippen molar-refractivity contribution in [2.75, 3.05) is 26.2 Å². The highest BCUT2D eigenvalue weighted by molar-refractivity contribution is 5.82. The number of amides is 2. The van der Waals surface area contributed by atoms with Crippen molar-refractivity contribution >= 4 is 22.8 Å². The number of hydrogen-bond acceptors (Lipinski definition) is 3. The Morgan fingerprint density at radius 3 is 2.44 bits per heavy atom. The Balaban J connectivity index is 1.54. The van der Waals surface area contributed by atoms with Gasteiger partial charge in [0.25, 0.3) is 0 Å². The first-order valence-corrected chi connectivity index (χ1v) is 9.04. The Bertz CT molecular complexity index is 760. The number of nitrogens with zero attached hydrogens (tertiary/aromatic N) is 4. The first-order chi connectivity index (χ1) is 12.1. The van der Waals surface area contributed by atoms with Gasteiger partial charge in [0.05, 0.1) is 23.8 Å². The molecule has 1 fully saturated rings. The minimum atomic E-state index is 0.121. The summed E-state index contributed by atoms with van der Waals surface area (Å²) in [7, 11) is 1.96. The first-order valence-electron chi connectivity index (χ1n) is 9.04. The maximum Gasteiger partial charge on any atom is 0.227 e. The number of rotatable bonds is 5. The number of carbonyl (C=O) groups excluding carboxylic acids is 2. The molecule has 0 N–H and O–H groups in total. The van der Waals surface area contributed by atoms with Crippen molar-refractivity contribution in [3.8, 4) is 0 Å². The highest BCUT2D eigenvalue weighted by Gasteiger charge is 2.23. The van der Waals surface area contributed by atoms with Crippen LogP contribution in [0.15, 0.2) is 24.5 Å². The average Bonchev–Trinajstić information content (AvgIpc) is 3.00. The molecule has 1 saturated heterocycles. The van der Waals surface area contributed by atoms with Crippen LogP contribution >= 0.6 is 0 Å². The van der Waals surface area contributed by atoms with Crippen molar-refractivity contribution in [1.82, 2.24) is 19.4 Å². The van der Waals surface area contributed by atoms with E-state index in [-0.39, 0.29) is 11.8 Å². The van der Waals surface area contributed by atoms with Crippen LogP contribution in [0.25, 0.3) is 11.0 Å². The average molecular weight is 342 g/mol. The fourth-order valence-corrected chi connectivity index (χ4v) is 3.27. The topological polar surface area (TPSA) is 58.4 Å². The predicted molar refractivity (Wildman–Crippen MR) is 97.1 cm³/mol. The summed E-state index contributed by atoms with van der Waals surface area (Å²) >= 11 is 0. The molecule has 6 heteroatoms. The van der Waals surface area contributed by atoms with Crippen LogP contribution in [0.3, 0.4) is 0 Å². The summed E-state index contributed by atoms with van der Waals surface area (Å²) in [4.78, 5) is 32.7. The monoisotopic (exact) mass is 342 g/mol. The van der Waals surface area contributed by atoms with E-state index in [0.29, 0.717) is 39.0 Å². The lowest BCUT2D eigenvalue weighted by Gasteiger charge is -2.35. The normalized spacial score (nSPS) is 15.0. The SMILES string of the molecule is CCCCC(=O)N1CCN(C(=O)Cc2ccc3c(c2)ncn3C)CC1. The largest absolute Gasteiger partial charge is 0.339 e. The molecule has 0 aliphatic carbocycles. The van der Waals surface area contributed by atoms with Crippen LogP contribution in [0.4, 0.5) is 0 Å². The Hall–Kier alpha value is -2.37. The number of fused-ring (bicyclic) bond motifs is 1. The van der Waals surface area contributed by atoms with Crippen LogP contribution in [0.5, 0.6) is 0 Å². The highest BCUT2D eigenvalue weighted by Crippen LogP contribution is 2.15. The van der Waals surface area contributed by atoms with Crippen molar-refractivity contribution < 1.29 is 9.59 Å². The second kappa shape index (κ2) is 7.68. The Labute approximate surface area is 148 Å². The molecule has 2 heterocycles. The lowest BCUT2D eigenvalue weighted by molar-refractivity contribution is -0.139. The lowest BCUT2D eigenvalue weighted by atomic mass is 10.1. The van der Waals surface area contributed by atoms with Gasteiger partial charge in [-0.05, 0) is 24.1 Å². The third-order valence-corrected chi connectivity index (χ3v) is 4.87. The van der Waals surface area contributed by atoms with Gasteiger partial charge in [-0.2, -0.15) is 0 Å². The van der Waals surface area contributed by atoms with Crippen LogP contribution in [0.2, 0.25) is 0 Å². The minimum Gasteiger partial charge on any atom is -0.339 e. The molecule has 2 amide bonds. The zero-order valence-corrected chi connectivity index (χ0v) is 15.1. The van der Waals surface area contributed by atoms with Crippen molar-refractivity contribution in [3.63, 3.8) is 0 Å². The van der Waals surface area contributed by atoms with Gasteiger partial charge in [0.15, 0.2) is 0 Å². The van der Waals surface area contributed by atoms with E-state index in [1.165, 1.54) is 0 Å². The summed E-state index contributed by atoms with van der Waals surface area (Å²) in [5.74, 6) is 0.338. The number of hydrogen-bond donors (Lipinski definition) is 0. The van der Waals surface area contributed by atoms with E-state index >= 15 is 0 Å². The molecule has 0 radical (unpaired) electrons. The van der Waals surface area contributed by atoms with E-state index in [1.54, 1.807) is 6.33 Å². The minimum absolute atomic E-state index is 0.121. The van der Waals surface area contributed by atoms with Gasteiger partial charge < -0.3 is 14.4 Å². The van der Waals surface area contributed by atoms with E-state index in [9.17, 15) is 9.59 Å². The fourth-order valence-electron chi connectivity index (χ4n) is 3.27. The van der Waals surface area contributed by atoms with Crippen molar-refractivity contribution in [3.05, 3.63) is 30.1 Å². The number of unbranched alkanes of at least 4 members (excludes halogenated alkanes) is 1. The zero-order chi connectivity index (χ0) is 17.8. The van der Waals surface area contributed by atoms with Gasteiger partial charge in [-0.3, -0.25) is 9.59 Å². The van der Waals surface area contributed by atoms with Crippen LogP contribution in [-0.2, 0) is 23.1 Å². The number of aromatic nitrogens is 2. The third-order valence-electron chi connectivity index (χ3n) is 4.87. The maximum atomic E-state index is 12.6. The quantitative estimate of drug-likeness (QED) is 0.835. The van der Waals surface area contributed by atoms with Gasteiger partial charge in [-0.25, -0.2) is 4.98 Å². The summed E-state index contributed by atoms with van der Waals surface area (Å²) in [5.41, 5.74) is 2.96. The Morgan fingerprint density at radius 1 is 1.08 bits per heavy atom. The van der Waals surface area contributed by atoms with Gasteiger partial charge in [0, 0.05) is 39.6 Å². The van der Waals surface area contributed by atoms with Gasteiger partial charge >= 0.3 is 0 Å². The maximum absolute atomic E-state index is 12.6. The van der Waals surface area contributed by atoms with Crippen molar-refractivity contribution in [2.24, 2.45) is 7.05 Å². The molecule has 0 bridgehead atoms. The van der Waals surface area contributed by atoms with E-state index in [0.717, 1.165) is 29.4 Å². The van der Waals surface area contributed by atoms with E-state index < -0.39 is 0 Å². The third kappa shape index (κ3) is 4.00. The molecule has 1 aliphatic rings. The zero-order valence-electron chi connectivity index (χ0n) is 15.1.